The Hall–Kier alpha value is -3.67. The van der Waals surface area contributed by atoms with Gasteiger partial charge in [-0.3, -0.25) is 4.79 Å². The lowest BCUT2D eigenvalue weighted by atomic mass is 10.1. The summed E-state index contributed by atoms with van der Waals surface area (Å²) in [5.74, 6) is 0.0649. The number of nitrogens with zero attached hydrogens (tertiary/aromatic N) is 5. The molecule has 0 aliphatic rings. The van der Waals surface area contributed by atoms with Crippen molar-refractivity contribution in [2.75, 3.05) is 7.05 Å². The minimum atomic E-state index is 0.0649. The van der Waals surface area contributed by atoms with Crippen LogP contribution in [0.1, 0.15) is 33.9 Å². The Balaban J connectivity index is 1.53. The number of carbonyl (C=O) groups is 1. The van der Waals surface area contributed by atoms with Gasteiger partial charge in [-0.25, -0.2) is 9.36 Å². The third kappa shape index (κ3) is 4.08. The summed E-state index contributed by atoms with van der Waals surface area (Å²) < 4.78 is 3.86. The van der Waals surface area contributed by atoms with Crippen LogP contribution in [0.5, 0.6) is 0 Å². The molecule has 0 spiro atoms. The molecule has 4 rings (SSSR count). The van der Waals surface area contributed by atoms with Crippen LogP contribution >= 0.6 is 0 Å². The Kier molecular flexibility index (Phi) is 5.95. The summed E-state index contributed by atoms with van der Waals surface area (Å²) in [6.45, 7) is 8.56. The van der Waals surface area contributed by atoms with E-state index in [2.05, 4.69) is 12.0 Å². The van der Waals surface area contributed by atoms with E-state index in [4.69, 9.17) is 5.10 Å². The molecule has 0 saturated carbocycles. The highest BCUT2D eigenvalue weighted by Crippen LogP contribution is 2.21. The minimum Gasteiger partial charge on any atom is -0.341 e. The lowest BCUT2D eigenvalue weighted by Gasteiger charge is -2.18. The molecule has 0 aliphatic carbocycles. The molecule has 0 atom stereocenters. The molecule has 6 heteroatoms. The molecule has 32 heavy (non-hydrogen) atoms. The molecule has 6 nitrogen and oxygen atoms in total. The number of amides is 1. The van der Waals surface area contributed by atoms with E-state index in [1.54, 1.807) is 4.90 Å². The number of para-hydroxylation sites is 2. The van der Waals surface area contributed by atoms with E-state index in [9.17, 15) is 4.79 Å². The van der Waals surface area contributed by atoms with Crippen LogP contribution in [0.2, 0.25) is 0 Å². The van der Waals surface area contributed by atoms with Crippen LogP contribution in [-0.4, -0.2) is 37.4 Å². The number of aromatic nitrogens is 4. The van der Waals surface area contributed by atoms with Gasteiger partial charge in [-0.2, -0.15) is 10.2 Å². The van der Waals surface area contributed by atoms with Crippen LogP contribution in [0.3, 0.4) is 0 Å². The first-order valence-electron chi connectivity index (χ1n) is 10.8. The molecule has 164 valence electrons. The largest absolute Gasteiger partial charge is 0.341 e. The smallest absolute Gasteiger partial charge is 0.227 e. The van der Waals surface area contributed by atoms with Gasteiger partial charge in [0.1, 0.15) is 0 Å². The van der Waals surface area contributed by atoms with Gasteiger partial charge >= 0.3 is 0 Å². The molecule has 0 saturated heterocycles. The fourth-order valence-corrected chi connectivity index (χ4v) is 4.09. The van der Waals surface area contributed by atoms with Crippen molar-refractivity contribution in [1.29, 1.82) is 0 Å². The number of likely N-dealkylation sites (N-methyl/N-ethyl adjacent to an activating group) is 1. The number of benzene rings is 2. The minimum absolute atomic E-state index is 0.0649. The first-order valence-corrected chi connectivity index (χ1v) is 10.8. The molecule has 0 unspecified atom stereocenters. The van der Waals surface area contributed by atoms with Crippen molar-refractivity contribution in [2.24, 2.45) is 0 Å². The summed E-state index contributed by atoms with van der Waals surface area (Å²) in [5.41, 5.74) is 7.97. The maximum atomic E-state index is 13.1. The van der Waals surface area contributed by atoms with Crippen molar-refractivity contribution < 1.29 is 4.79 Å². The zero-order valence-electron chi connectivity index (χ0n) is 19.3. The summed E-state index contributed by atoms with van der Waals surface area (Å²) in [6, 6.07) is 20.1. The average molecular weight is 428 g/mol. The zero-order chi connectivity index (χ0) is 22.8. The molecular formula is C26H29N5O. The molecule has 1 amide bonds. The van der Waals surface area contributed by atoms with Crippen molar-refractivity contribution in [1.82, 2.24) is 24.5 Å². The highest BCUT2D eigenvalue weighted by Gasteiger charge is 2.21. The summed E-state index contributed by atoms with van der Waals surface area (Å²) in [7, 11) is 1.85. The Labute approximate surface area is 189 Å². The van der Waals surface area contributed by atoms with Gasteiger partial charge in [0.15, 0.2) is 0 Å². The number of rotatable bonds is 6. The molecule has 0 radical (unpaired) electrons. The van der Waals surface area contributed by atoms with Crippen molar-refractivity contribution in [3.05, 3.63) is 94.6 Å². The second kappa shape index (κ2) is 8.83. The second-order valence-corrected chi connectivity index (χ2v) is 8.22. The van der Waals surface area contributed by atoms with Crippen LogP contribution < -0.4 is 0 Å². The molecule has 2 aromatic carbocycles. The summed E-state index contributed by atoms with van der Waals surface area (Å²) in [5, 5.41) is 9.38. The SMILES string of the molecule is Cc1nn(-c2ccccc2)c(C)c1CC(=O)N(C)Cc1c(C)nn(-c2ccccc2)c1C. The predicted octanol–water partition coefficient (Wildman–Crippen LogP) is 4.49. The monoisotopic (exact) mass is 427 g/mol. The summed E-state index contributed by atoms with van der Waals surface area (Å²) >= 11 is 0. The zero-order valence-corrected chi connectivity index (χ0v) is 19.3. The first-order chi connectivity index (χ1) is 15.4. The number of hydrogen-bond donors (Lipinski definition) is 0. The lowest BCUT2D eigenvalue weighted by molar-refractivity contribution is -0.129. The molecule has 4 aromatic rings. The van der Waals surface area contributed by atoms with Crippen molar-refractivity contribution in [2.45, 2.75) is 40.7 Å². The van der Waals surface area contributed by atoms with Crippen molar-refractivity contribution in [3.8, 4) is 11.4 Å². The van der Waals surface area contributed by atoms with Gasteiger partial charge in [0.25, 0.3) is 0 Å². The van der Waals surface area contributed by atoms with Crippen LogP contribution in [0.25, 0.3) is 11.4 Å². The van der Waals surface area contributed by atoms with Gasteiger partial charge in [0.2, 0.25) is 5.91 Å². The fraction of sp³-hybridized carbons (Fsp3) is 0.269. The molecule has 0 fully saturated rings. The van der Waals surface area contributed by atoms with Gasteiger partial charge < -0.3 is 4.90 Å². The number of aryl methyl sites for hydroxylation is 2. The molecule has 0 bridgehead atoms. The molecular weight excluding hydrogens is 398 g/mol. The van der Waals surface area contributed by atoms with Crippen molar-refractivity contribution in [3.63, 3.8) is 0 Å². The van der Waals surface area contributed by atoms with Crippen LogP contribution in [0, 0.1) is 27.7 Å². The third-order valence-corrected chi connectivity index (χ3v) is 6.03. The standard InChI is InChI=1S/C26H29N5O/c1-18-24(20(3)30(27-18)22-12-8-6-9-13-22)16-26(32)29(5)17-25-19(2)28-31(21(25)4)23-14-10-7-11-15-23/h6-15H,16-17H2,1-5H3. The highest BCUT2D eigenvalue weighted by atomic mass is 16.2. The predicted molar refractivity (Wildman–Crippen MR) is 126 cm³/mol. The van der Waals surface area contributed by atoms with Gasteiger partial charge in [0.05, 0.1) is 29.2 Å². The van der Waals surface area contributed by atoms with Crippen molar-refractivity contribution >= 4 is 5.91 Å². The average Bonchev–Trinajstić information content (AvgIpc) is 3.25. The van der Waals surface area contributed by atoms with Crippen LogP contribution in [0.15, 0.2) is 60.7 Å². The maximum absolute atomic E-state index is 13.1. The topological polar surface area (TPSA) is 56.0 Å². The molecule has 0 aliphatic heterocycles. The number of carbonyl (C=O) groups excluding carboxylic acids is 1. The van der Waals surface area contributed by atoms with Gasteiger partial charge in [0, 0.05) is 36.1 Å². The van der Waals surface area contributed by atoms with Gasteiger partial charge in [-0.15, -0.1) is 0 Å². The molecule has 0 N–H and O–H groups in total. The van der Waals surface area contributed by atoms with E-state index in [0.29, 0.717) is 13.0 Å². The van der Waals surface area contributed by atoms with Gasteiger partial charge in [-0.05, 0) is 52.0 Å². The van der Waals surface area contributed by atoms with E-state index in [-0.39, 0.29) is 5.91 Å². The van der Waals surface area contributed by atoms with Crippen LogP contribution in [0.4, 0.5) is 0 Å². The Morgan fingerprint density at radius 1 is 0.750 bits per heavy atom. The molecule has 2 aromatic heterocycles. The molecule has 2 heterocycles. The Morgan fingerprint density at radius 2 is 1.19 bits per heavy atom. The van der Waals surface area contributed by atoms with E-state index >= 15 is 0 Å². The Bertz CT molecular complexity index is 1240. The van der Waals surface area contributed by atoms with E-state index in [1.807, 2.05) is 97.8 Å². The van der Waals surface area contributed by atoms with E-state index in [1.165, 1.54) is 0 Å². The van der Waals surface area contributed by atoms with Crippen LogP contribution in [-0.2, 0) is 17.8 Å². The quantitative estimate of drug-likeness (QED) is 0.455. The normalized spacial score (nSPS) is 11.0. The Morgan fingerprint density at radius 3 is 1.69 bits per heavy atom. The highest BCUT2D eigenvalue weighted by molar-refractivity contribution is 5.79. The third-order valence-electron chi connectivity index (χ3n) is 6.03. The van der Waals surface area contributed by atoms with E-state index < -0.39 is 0 Å². The van der Waals surface area contributed by atoms with E-state index in [0.717, 1.165) is 45.3 Å². The van der Waals surface area contributed by atoms with Gasteiger partial charge in [-0.1, -0.05) is 36.4 Å². The second-order valence-electron chi connectivity index (χ2n) is 8.22. The summed E-state index contributed by atoms with van der Waals surface area (Å²) in [6.07, 6.45) is 0.325. The maximum Gasteiger partial charge on any atom is 0.227 e. The lowest BCUT2D eigenvalue weighted by Crippen LogP contribution is -2.28. The fourth-order valence-electron chi connectivity index (χ4n) is 4.09. The summed E-state index contributed by atoms with van der Waals surface area (Å²) in [4.78, 5) is 14.9. The number of hydrogen-bond acceptors (Lipinski definition) is 3. The first kappa shape index (κ1) is 21.6.